The fourth-order valence-corrected chi connectivity index (χ4v) is 3.54. The maximum atomic E-state index is 12.4. The summed E-state index contributed by atoms with van der Waals surface area (Å²) >= 11 is 1.35. The van der Waals surface area contributed by atoms with Crippen LogP contribution in [0.15, 0.2) is 17.5 Å². The lowest BCUT2D eigenvalue weighted by molar-refractivity contribution is -0.132. The van der Waals surface area contributed by atoms with Crippen LogP contribution in [0.2, 0.25) is 0 Å². The predicted molar refractivity (Wildman–Crippen MR) is 86.8 cm³/mol. The van der Waals surface area contributed by atoms with Gasteiger partial charge >= 0.3 is 0 Å². The summed E-state index contributed by atoms with van der Waals surface area (Å²) in [7, 11) is 1.73. The SMILES string of the molecule is CC(NC(=O)c1cccs1)C(=O)N(C)CC1CCCCC1O. The van der Waals surface area contributed by atoms with Gasteiger partial charge in [-0.2, -0.15) is 0 Å². The molecule has 0 spiro atoms. The molecule has 1 fully saturated rings. The van der Waals surface area contributed by atoms with Crippen LogP contribution in [-0.2, 0) is 4.79 Å². The largest absolute Gasteiger partial charge is 0.393 e. The van der Waals surface area contributed by atoms with Gasteiger partial charge in [0.05, 0.1) is 11.0 Å². The highest BCUT2D eigenvalue weighted by molar-refractivity contribution is 7.12. The Morgan fingerprint density at radius 3 is 2.82 bits per heavy atom. The molecule has 0 bridgehead atoms. The van der Waals surface area contributed by atoms with E-state index in [1.54, 1.807) is 24.9 Å². The number of thiophene rings is 1. The standard InChI is InChI=1S/C16H24N2O3S/c1-11(17-15(20)14-8-5-9-22-14)16(21)18(2)10-12-6-3-4-7-13(12)19/h5,8-9,11-13,19H,3-4,6-7,10H2,1-2H3,(H,17,20). The molecule has 1 saturated carbocycles. The Morgan fingerprint density at radius 1 is 1.45 bits per heavy atom. The Balaban J connectivity index is 1.85. The first-order valence-electron chi connectivity index (χ1n) is 7.76. The fraction of sp³-hybridized carbons (Fsp3) is 0.625. The van der Waals surface area contributed by atoms with Crippen molar-refractivity contribution in [1.29, 1.82) is 0 Å². The van der Waals surface area contributed by atoms with Gasteiger partial charge in [-0.25, -0.2) is 0 Å². The average Bonchev–Trinajstić information content (AvgIpc) is 3.03. The van der Waals surface area contributed by atoms with Gasteiger partial charge in [0.1, 0.15) is 6.04 Å². The second kappa shape index (κ2) is 7.74. The molecule has 2 N–H and O–H groups in total. The molecule has 1 aromatic rings. The summed E-state index contributed by atoms with van der Waals surface area (Å²) in [5, 5.41) is 14.6. The summed E-state index contributed by atoms with van der Waals surface area (Å²) in [4.78, 5) is 26.6. The van der Waals surface area contributed by atoms with Gasteiger partial charge in [0.2, 0.25) is 5.91 Å². The number of hydrogen-bond acceptors (Lipinski definition) is 4. The Kier molecular flexibility index (Phi) is 5.97. The van der Waals surface area contributed by atoms with Crippen LogP contribution >= 0.6 is 11.3 Å². The normalized spacial score (nSPS) is 22.9. The molecule has 1 aliphatic carbocycles. The van der Waals surface area contributed by atoms with Crippen molar-refractivity contribution in [3.8, 4) is 0 Å². The van der Waals surface area contributed by atoms with Crippen LogP contribution in [0.4, 0.5) is 0 Å². The van der Waals surface area contributed by atoms with E-state index in [-0.39, 0.29) is 23.8 Å². The zero-order valence-electron chi connectivity index (χ0n) is 13.1. The molecule has 22 heavy (non-hydrogen) atoms. The molecule has 2 rings (SSSR count). The second-order valence-electron chi connectivity index (χ2n) is 6.00. The summed E-state index contributed by atoms with van der Waals surface area (Å²) in [6.07, 6.45) is 3.61. The number of nitrogens with zero attached hydrogens (tertiary/aromatic N) is 1. The molecule has 1 aliphatic rings. The first kappa shape index (κ1) is 17.0. The summed E-state index contributed by atoms with van der Waals surface area (Å²) in [6.45, 7) is 2.24. The zero-order valence-corrected chi connectivity index (χ0v) is 13.9. The molecule has 0 radical (unpaired) electrons. The topological polar surface area (TPSA) is 69.6 Å². The van der Waals surface area contributed by atoms with Gasteiger partial charge in [-0.3, -0.25) is 9.59 Å². The minimum Gasteiger partial charge on any atom is -0.393 e. The smallest absolute Gasteiger partial charge is 0.261 e. The number of aliphatic hydroxyl groups excluding tert-OH is 1. The highest BCUT2D eigenvalue weighted by Crippen LogP contribution is 2.25. The third-order valence-corrected chi connectivity index (χ3v) is 5.09. The van der Waals surface area contributed by atoms with Crippen molar-refractivity contribution in [3.63, 3.8) is 0 Å². The van der Waals surface area contributed by atoms with E-state index in [4.69, 9.17) is 0 Å². The fourth-order valence-electron chi connectivity index (χ4n) is 2.91. The number of carbonyl (C=O) groups is 2. The van der Waals surface area contributed by atoms with Crippen molar-refractivity contribution in [1.82, 2.24) is 10.2 Å². The van der Waals surface area contributed by atoms with Gasteiger partial charge in [-0.05, 0) is 31.2 Å². The molecule has 0 aliphatic heterocycles. The third kappa shape index (κ3) is 4.30. The van der Waals surface area contributed by atoms with Crippen molar-refractivity contribution >= 4 is 23.2 Å². The maximum Gasteiger partial charge on any atom is 0.261 e. The van der Waals surface area contributed by atoms with E-state index in [2.05, 4.69) is 5.32 Å². The van der Waals surface area contributed by atoms with Crippen LogP contribution in [0.1, 0.15) is 42.3 Å². The molecule has 3 unspecified atom stereocenters. The van der Waals surface area contributed by atoms with Gasteiger partial charge in [-0.1, -0.05) is 18.9 Å². The average molecular weight is 324 g/mol. The molecule has 0 saturated heterocycles. The molecular formula is C16H24N2O3S. The van der Waals surface area contributed by atoms with Crippen LogP contribution in [0.5, 0.6) is 0 Å². The molecule has 1 aromatic heterocycles. The Hall–Kier alpha value is -1.40. The molecule has 5 nitrogen and oxygen atoms in total. The lowest BCUT2D eigenvalue weighted by Crippen LogP contribution is -2.47. The molecule has 0 aromatic carbocycles. The number of carbonyl (C=O) groups excluding carboxylic acids is 2. The minimum atomic E-state index is -0.569. The van der Waals surface area contributed by atoms with Crippen LogP contribution in [-0.4, -0.2) is 47.6 Å². The van der Waals surface area contributed by atoms with Gasteiger partial charge in [0.25, 0.3) is 5.91 Å². The molecule has 6 heteroatoms. The lowest BCUT2D eigenvalue weighted by atomic mass is 9.86. The first-order chi connectivity index (χ1) is 10.5. The Bertz CT molecular complexity index is 503. The quantitative estimate of drug-likeness (QED) is 0.869. The zero-order chi connectivity index (χ0) is 16.1. The van der Waals surface area contributed by atoms with Crippen LogP contribution in [0.25, 0.3) is 0 Å². The van der Waals surface area contributed by atoms with Crippen molar-refractivity contribution < 1.29 is 14.7 Å². The molecule has 122 valence electrons. The van der Waals surface area contributed by atoms with Crippen molar-refractivity contribution in [3.05, 3.63) is 22.4 Å². The van der Waals surface area contributed by atoms with E-state index in [1.807, 2.05) is 11.4 Å². The highest BCUT2D eigenvalue weighted by Gasteiger charge is 2.27. The summed E-state index contributed by atoms with van der Waals surface area (Å²) in [5.74, 6) is -0.201. The van der Waals surface area contributed by atoms with Crippen molar-refractivity contribution in [2.45, 2.75) is 44.8 Å². The van der Waals surface area contributed by atoms with Gasteiger partial charge in [-0.15, -0.1) is 11.3 Å². The number of nitrogens with one attached hydrogen (secondary N) is 1. The summed E-state index contributed by atoms with van der Waals surface area (Å²) < 4.78 is 0. The van der Waals surface area contributed by atoms with Gasteiger partial charge in [0.15, 0.2) is 0 Å². The second-order valence-corrected chi connectivity index (χ2v) is 6.95. The van der Waals surface area contributed by atoms with Gasteiger partial charge in [0, 0.05) is 19.5 Å². The molecule has 3 atom stereocenters. The van der Waals surface area contributed by atoms with E-state index >= 15 is 0 Å². The number of amides is 2. The number of likely N-dealkylation sites (N-methyl/N-ethyl adjacent to an activating group) is 1. The van der Waals surface area contributed by atoms with Crippen molar-refractivity contribution in [2.24, 2.45) is 5.92 Å². The van der Waals surface area contributed by atoms with Gasteiger partial charge < -0.3 is 15.3 Å². The first-order valence-corrected chi connectivity index (χ1v) is 8.64. The van der Waals surface area contributed by atoms with E-state index in [0.29, 0.717) is 11.4 Å². The van der Waals surface area contributed by atoms with Crippen molar-refractivity contribution in [2.75, 3.05) is 13.6 Å². The van der Waals surface area contributed by atoms with E-state index < -0.39 is 6.04 Å². The lowest BCUT2D eigenvalue weighted by Gasteiger charge is -2.32. The maximum absolute atomic E-state index is 12.4. The monoisotopic (exact) mass is 324 g/mol. The number of hydrogen-bond donors (Lipinski definition) is 2. The minimum absolute atomic E-state index is 0.123. The predicted octanol–water partition coefficient (Wildman–Crippen LogP) is 1.88. The molecular weight excluding hydrogens is 300 g/mol. The Labute approximate surface area is 135 Å². The highest BCUT2D eigenvalue weighted by atomic mass is 32.1. The number of aliphatic hydroxyl groups is 1. The third-order valence-electron chi connectivity index (χ3n) is 4.22. The summed E-state index contributed by atoms with van der Waals surface area (Å²) in [6, 6.07) is 2.97. The van der Waals surface area contributed by atoms with Crippen LogP contribution in [0.3, 0.4) is 0 Å². The Morgan fingerprint density at radius 2 is 2.18 bits per heavy atom. The molecule has 2 amide bonds. The molecule has 1 heterocycles. The number of rotatable bonds is 5. The van der Waals surface area contributed by atoms with Crippen LogP contribution in [0, 0.1) is 5.92 Å². The van der Waals surface area contributed by atoms with E-state index in [9.17, 15) is 14.7 Å². The van der Waals surface area contributed by atoms with E-state index in [0.717, 1.165) is 25.7 Å². The van der Waals surface area contributed by atoms with Crippen LogP contribution < -0.4 is 5.32 Å². The van der Waals surface area contributed by atoms with E-state index in [1.165, 1.54) is 11.3 Å². The summed E-state index contributed by atoms with van der Waals surface area (Å²) in [5.41, 5.74) is 0.